The van der Waals surface area contributed by atoms with Crippen LogP contribution < -0.4 is 0 Å². The molecule has 3 heteroatoms. The topological polar surface area (TPSA) is 15.8 Å². The normalized spacial score (nSPS) is 11.7. The Morgan fingerprint density at radius 3 is 2.58 bits per heavy atom. The first-order valence-electron chi connectivity index (χ1n) is 6.03. The molecule has 4 rings (SSSR count). The quantitative estimate of drug-likeness (QED) is 0.343. The van der Waals surface area contributed by atoms with Gasteiger partial charge in [0.15, 0.2) is 0 Å². The lowest BCUT2D eigenvalue weighted by Gasteiger charge is -2.05. The van der Waals surface area contributed by atoms with E-state index in [9.17, 15) is 0 Å². The molecular formula is C16H9BrIN. The lowest BCUT2D eigenvalue weighted by atomic mass is 10.1. The molecule has 0 saturated heterocycles. The molecule has 1 aromatic heterocycles. The predicted octanol–water partition coefficient (Wildman–Crippen LogP) is 5.84. The van der Waals surface area contributed by atoms with E-state index in [-0.39, 0.29) is 0 Å². The van der Waals surface area contributed by atoms with Gasteiger partial charge in [0, 0.05) is 35.1 Å². The Bertz CT molecular complexity index is 940. The maximum absolute atomic E-state index is 3.72. The zero-order chi connectivity index (χ0) is 13.0. The van der Waals surface area contributed by atoms with Crippen molar-refractivity contribution < 1.29 is 0 Å². The first-order valence-corrected chi connectivity index (χ1v) is 7.90. The molecule has 0 unspecified atom stereocenters. The second-order valence-corrected chi connectivity index (χ2v) is 6.63. The number of halogens is 2. The largest absolute Gasteiger partial charge is 0.354 e. The molecule has 0 aliphatic carbocycles. The molecule has 0 radical (unpaired) electrons. The number of rotatable bonds is 0. The van der Waals surface area contributed by atoms with Crippen molar-refractivity contribution >= 4 is 71.1 Å². The molecule has 0 bridgehead atoms. The fourth-order valence-electron chi connectivity index (χ4n) is 2.70. The number of fused-ring (bicyclic) bond motifs is 5. The van der Waals surface area contributed by atoms with Crippen molar-refractivity contribution in [1.82, 2.24) is 4.98 Å². The molecule has 0 saturated carbocycles. The molecule has 0 amide bonds. The summed E-state index contributed by atoms with van der Waals surface area (Å²) in [5, 5.41) is 5.10. The third kappa shape index (κ3) is 1.64. The van der Waals surface area contributed by atoms with Gasteiger partial charge in [-0.15, -0.1) is 0 Å². The molecule has 1 nitrogen and oxygen atoms in total. The second kappa shape index (κ2) is 4.21. The Labute approximate surface area is 132 Å². The minimum absolute atomic E-state index is 1.16. The molecule has 3 aromatic carbocycles. The summed E-state index contributed by atoms with van der Waals surface area (Å²) in [7, 11) is 0. The van der Waals surface area contributed by atoms with Gasteiger partial charge < -0.3 is 4.98 Å². The third-order valence-electron chi connectivity index (χ3n) is 3.54. The van der Waals surface area contributed by atoms with Crippen LogP contribution in [0.5, 0.6) is 0 Å². The van der Waals surface area contributed by atoms with E-state index in [1.807, 2.05) is 0 Å². The highest BCUT2D eigenvalue weighted by molar-refractivity contribution is 14.1. The van der Waals surface area contributed by atoms with Crippen LogP contribution in [0.3, 0.4) is 0 Å². The molecule has 0 aliphatic heterocycles. The van der Waals surface area contributed by atoms with Crippen LogP contribution in [0.25, 0.3) is 32.6 Å². The Morgan fingerprint density at radius 2 is 1.68 bits per heavy atom. The van der Waals surface area contributed by atoms with Crippen molar-refractivity contribution in [3.05, 3.63) is 56.6 Å². The summed E-state index contributed by atoms with van der Waals surface area (Å²) in [6.45, 7) is 0. The number of hydrogen-bond donors (Lipinski definition) is 1. The smallest absolute Gasteiger partial charge is 0.0545 e. The van der Waals surface area contributed by atoms with Gasteiger partial charge in [0.2, 0.25) is 0 Å². The van der Waals surface area contributed by atoms with Crippen molar-refractivity contribution in [2.45, 2.75) is 0 Å². The van der Waals surface area contributed by atoms with Gasteiger partial charge in [0.25, 0.3) is 0 Å². The number of aromatic nitrogens is 1. The van der Waals surface area contributed by atoms with Gasteiger partial charge in [0.1, 0.15) is 0 Å². The maximum Gasteiger partial charge on any atom is 0.0545 e. The first kappa shape index (κ1) is 11.7. The molecule has 4 aromatic rings. The summed E-state index contributed by atoms with van der Waals surface area (Å²) in [5.74, 6) is 0. The number of hydrogen-bond acceptors (Lipinski definition) is 0. The van der Waals surface area contributed by atoms with E-state index in [1.165, 1.54) is 36.1 Å². The van der Waals surface area contributed by atoms with E-state index in [0.717, 1.165) is 4.47 Å². The van der Waals surface area contributed by atoms with Crippen LogP contribution in [0.2, 0.25) is 0 Å². The van der Waals surface area contributed by atoms with Crippen LogP contribution in [0.1, 0.15) is 0 Å². The number of para-hydroxylation sites is 1. The molecule has 0 atom stereocenters. The van der Waals surface area contributed by atoms with E-state index in [2.05, 4.69) is 92.0 Å². The van der Waals surface area contributed by atoms with Crippen LogP contribution in [-0.2, 0) is 0 Å². The summed E-state index contributed by atoms with van der Waals surface area (Å²) in [6, 6.07) is 17.1. The van der Waals surface area contributed by atoms with Crippen LogP contribution in [0.4, 0.5) is 0 Å². The van der Waals surface area contributed by atoms with Crippen LogP contribution in [0.15, 0.2) is 53.0 Å². The number of nitrogens with one attached hydrogen (secondary N) is 1. The van der Waals surface area contributed by atoms with E-state index in [1.54, 1.807) is 0 Å². The first-order chi connectivity index (χ1) is 9.25. The number of H-pyrrole nitrogens is 1. The van der Waals surface area contributed by atoms with E-state index in [4.69, 9.17) is 0 Å². The minimum atomic E-state index is 1.16. The average Bonchev–Trinajstić information content (AvgIpc) is 2.78. The monoisotopic (exact) mass is 421 g/mol. The molecular weight excluding hydrogens is 413 g/mol. The van der Waals surface area contributed by atoms with E-state index >= 15 is 0 Å². The minimum Gasteiger partial charge on any atom is -0.354 e. The lowest BCUT2D eigenvalue weighted by Crippen LogP contribution is -1.81. The summed E-state index contributed by atoms with van der Waals surface area (Å²) in [5.41, 5.74) is 2.41. The van der Waals surface area contributed by atoms with Crippen LogP contribution >= 0.6 is 38.5 Å². The van der Waals surface area contributed by atoms with Crippen molar-refractivity contribution in [2.24, 2.45) is 0 Å². The molecule has 0 aliphatic rings. The van der Waals surface area contributed by atoms with Gasteiger partial charge in [-0.1, -0.05) is 46.3 Å². The average molecular weight is 422 g/mol. The van der Waals surface area contributed by atoms with Gasteiger partial charge in [-0.2, -0.15) is 0 Å². The predicted molar refractivity (Wildman–Crippen MR) is 93.7 cm³/mol. The molecule has 0 fully saturated rings. The molecule has 92 valence electrons. The summed E-state index contributed by atoms with van der Waals surface area (Å²) in [6.07, 6.45) is 0. The van der Waals surface area contributed by atoms with E-state index in [0.29, 0.717) is 0 Å². The van der Waals surface area contributed by atoms with Crippen molar-refractivity contribution in [2.75, 3.05) is 0 Å². The van der Waals surface area contributed by atoms with Crippen molar-refractivity contribution in [3.63, 3.8) is 0 Å². The molecule has 0 spiro atoms. The number of aromatic amines is 1. The molecule has 1 heterocycles. The van der Waals surface area contributed by atoms with Gasteiger partial charge in [0.05, 0.1) is 5.52 Å². The van der Waals surface area contributed by atoms with Gasteiger partial charge >= 0.3 is 0 Å². The van der Waals surface area contributed by atoms with Crippen LogP contribution in [-0.4, -0.2) is 4.98 Å². The standard InChI is InChI=1S/C16H9BrIN/c17-12-8-11-9-4-1-2-7-14(9)19-16(11)10-5-3-6-13(18)15(10)12/h1-8,19H. The SMILES string of the molecule is Brc1cc2c3ccccc3[nH]c2c2cccc(I)c12. The van der Waals surface area contributed by atoms with Crippen LogP contribution in [0, 0.1) is 3.57 Å². The fourth-order valence-corrected chi connectivity index (χ4v) is 4.52. The van der Waals surface area contributed by atoms with Crippen molar-refractivity contribution in [1.29, 1.82) is 0 Å². The number of benzene rings is 3. The maximum atomic E-state index is 3.72. The summed E-state index contributed by atoms with van der Waals surface area (Å²) < 4.78 is 2.42. The second-order valence-electron chi connectivity index (χ2n) is 4.61. The Morgan fingerprint density at radius 1 is 0.895 bits per heavy atom. The van der Waals surface area contributed by atoms with Gasteiger partial charge in [-0.05, 0) is 40.8 Å². The lowest BCUT2D eigenvalue weighted by molar-refractivity contribution is 1.56. The Hall–Kier alpha value is -1.07. The van der Waals surface area contributed by atoms with Gasteiger partial charge in [-0.25, -0.2) is 0 Å². The van der Waals surface area contributed by atoms with E-state index < -0.39 is 0 Å². The zero-order valence-corrected chi connectivity index (χ0v) is 13.6. The highest BCUT2D eigenvalue weighted by atomic mass is 127. The fraction of sp³-hybridized carbons (Fsp3) is 0. The summed E-state index contributed by atoms with van der Waals surface area (Å²) in [4.78, 5) is 3.55. The molecule has 1 N–H and O–H groups in total. The highest BCUT2D eigenvalue weighted by Gasteiger charge is 2.11. The Kier molecular flexibility index (Phi) is 2.60. The highest BCUT2D eigenvalue weighted by Crippen LogP contribution is 2.37. The van der Waals surface area contributed by atoms with Gasteiger partial charge in [-0.3, -0.25) is 0 Å². The molecule has 19 heavy (non-hydrogen) atoms. The third-order valence-corrected chi connectivity index (χ3v) is 5.06. The summed E-state index contributed by atoms with van der Waals surface area (Å²) >= 11 is 6.11. The Balaban J connectivity index is 2.36. The van der Waals surface area contributed by atoms with Crippen molar-refractivity contribution in [3.8, 4) is 0 Å². The zero-order valence-electron chi connectivity index (χ0n) is 9.87.